The molecule has 0 radical (unpaired) electrons. The molecule has 0 spiro atoms. The Bertz CT molecular complexity index is 150. The Morgan fingerprint density at radius 1 is 1.50 bits per heavy atom. The fourth-order valence-corrected chi connectivity index (χ4v) is 0.593. The predicted octanol–water partition coefficient (Wildman–Crippen LogP) is 0.921. The Kier molecular flexibility index (Phi) is 4.73. The van der Waals surface area contributed by atoms with Gasteiger partial charge in [-0.25, -0.2) is 8.78 Å². The number of rotatable bonds is 4. The van der Waals surface area contributed by atoms with E-state index < -0.39 is 24.9 Å². The van der Waals surface area contributed by atoms with Crippen LogP contribution in [0, 0.1) is 0 Å². The van der Waals surface area contributed by atoms with Crippen molar-refractivity contribution in [1.82, 2.24) is 0 Å². The Hall–Kier alpha value is -0.710. The van der Waals surface area contributed by atoms with E-state index in [-0.39, 0.29) is 6.10 Å². The maximum absolute atomic E-state index is 11.8. The van der Waals surface area contributed by atoms with Gasteiger partial charge in [-0.05, 0) is 13.8 Å². The Morgan fingerprint density at radius 3 is 2.33 bits per heavy atom. The van der Waals surface area contributed by atoms with E-state index in [2.05, 4.69) is 4.74 Å². The molecule has 0 saturated heterocycles. The van der Waals surface area contributed by atoms with Crippen LogP contribution >= 0.6 is 0 Å². The number of halogens is 2. The SMILES string of the molecule is CC(C)OC(=O)CC(N)C(F)F. The van der Waals surface area contributed by atoms with Crippen LogP contribution in [-0.2, 0) is 9.53 Å². The number of hydrogen-bond donors (Lipinski definition) is 1. The maximum Gasteiger partial charge on any atom is 0.307 e. The molecule has 12 heavy (non-hydrogen) atoms. The standard InChI is InChI=1S/C7H13F2NO2/c1-4(2)12-6(11)3-5(10)7(8)9/h4-5,7H,3,10H2,1-2H3. The first kappa shape index (κ1) is 11.3. The van der Waals surface area contributed by atoms with Crippen molar-refractivity contribution in [3.8, 4) is 0 Å². The minimum Gasteiger partial charge on any atom is -0.463 e. The van der Waals surface area contributed by atoms with Crippen molar-refractivity contribution in [2.45, 2.75) is 38.8 Å². The lowest BCUT2D eigenvalue weighted by molar-refractivity contribution is -0.148. The highest BCUT2D eigenvalue weighted by atomic mass is 19.3. The second-order valence-corrected chi connectivity index (χ2v) is 2.74. The monoisotopic (exact) mass is 181 g/mol. The normalized spacial score (nSPS) is 13.6. The van der Waals surface area contributed by atoms with Gasteiger partial charge in [-0.3, -0.25) is 4.79 Å². The van der Waals surface area contributed by atoms with Gasteiger partial charge < -0.3 is 10.5 Å². The molecule has 0 bridgehead atoms. The summed E-state index contributed by atoms with van der Waals surface area (Å²) in [6.07, 6.45) is -3.40. The second kappa shape index (κ2) is 5.03. The first-order chi connectivity index (χ1) is 5.43. The third-order valence-corrected chi connectivity index (χ3v) is 1.09. The minimum absolute atomic E-state index is 0.289. The molecular formula is C7H13F2NO2. The van der Waals surface area contributed by atoms with E-state index >= 15 is 0 Å². The number of esters is 1. The van der Waals surface area contributed by atoms with E-state index in [1.807, 2.05) is 0 Å². The van der Waals surface area contributed by atoms with E-state index in [9.17, 15) is 13.6 Å². The van der Waals surface area contributed by atoms with Crippen molar-refractivity contribution in [2.75, 3.05) is 0 Å². The molecule has 3 nitrogen and oxygen atoms in total. The maximum atomic E-state index is 11.8. The van der Waals surface area contributed by atoms with Crippen molar-refractivity contribution in [3.63, 3.8) is 0 Å². The third kappa shape index (κ3) is 5.01. The molecule has 0 aromatic carbocycles. The fourth-order valence-electron chi connectivity index (χ4n) is 0.593. The molecule has 0 aliphatic rings. The summed E-state index contributed by atoms with van der Waals surface area (Å²) in [5, 5.41) is 0. The van der Waals surface area contributed by atoms with E-state index in [0.29, 0.717) is 0 Å². The lowest BCUT2D eigenvalue weighted by atomic mass is 10.2. The Balaban J connectivity index is 3.69. The van der Waals surface area contributed by atoms with Gasteiger partial charge in [0, 0.05) is 0 Å². The van der Waals surface area contributed by atoms with Crippen molar-refractivity contribution in [2.24, 2.45) is 5.73 Å². The van der Waals surface area contributed by atoms with Crippen LogP contribution in [0.25, 0.3) is 0 Å². The summed E-state index contributed by atoms with van der Waals surface area (Å²) < 4.78 is 28.2. The van der Waals surface area contributed by atoms with Crippen molar-refractivity contribution in [1.29, 1.82) is 0 Å². The largest absolute Gasteiger partial charge is 0.463 e. The summed E-state index contributed by atoms with van der Waals surface area (Å²) in [5.74, 6) is -0.683. The quantitative estimate of drug-likeness (QED) is 0.656. The van der Waals surface area contributed by atoms with E-state index in [1.54, 1.807) is 13.8 Å². The molecule has 0 fully saturated rings. The summed E-state index contributed by atoms with van der Waals surface area (Å²) in [7, 11) is 0. The average Bonchev–Trinajstić information content (AvgIpc) is 1.84. The van der Waals surface area contributed by atoms with Crippen LogP contribution in [0.4, 0.5) is 8.78 Å². The van der Waals surface area contributed by atoms with Crippen LogP contribution in [0.5, 0.6) is 0 Å². The second-order valence-electron chi connectivity index (χ2n) is 2.74. The number of hydrogen-bond acceptors (Lipinski definition) is 3. The molecular weight excluding hydrogens is 168 g/mol. The highest BCUT2D eigenvalue weighted by Crippen LogP contribution is 2.04. The van der Waals surface area contributed by atoms with Gasteiger partial charge in [0.15, 0.2) is 0 Å². The molecule has 0 aliphatic carbocycles. The zero-order chi connectivity index (χ0) is 9.72. The highest BCUT2D eigenvalue weighted by molar-refractivity contribution is 5.70. The van der Waals surface area contributed by atoms with Crippen LogP contribution in [0.1, 0.15) is 20.3 Å². The molecule has 0 aliphatic heterocycles. The average molecular weight is 181 g/mol. The van der Waals surface area contributed by atoms with Crippen LogP contribution in [0.15, 0.2) is 0 Å². The van der Waals surface area contributed by atoms with Gasteiger partial charge in [0.25, 0.3) is 6.43 Å². The van der Waals surface area contributed by atoms with Gasteiger partial charge in [-0.15, -0.1) is 0 Å². The lowest BCUT2D eigenvalue weighted by Gasteiger charge is -2.11. The number of alkyl halides is 2. The topological polar surface area (TPSA) is 52.3 Å². The van der Waals surface area contributed by atoms with Gasteiger partial charge in [-0.1, -0.05) is 0 Å². The molecule has 0 aromatic heterocycles. The lowest BCUT2D eigenvalue weighted by Crippen LogP contribution is -2.32. The van der Waals surface area contributed by atoms with Gasteiger partial charge >= 0.3 is 5.97 Å². The first-order valence-electron chi connectivity index (χ1n) is 3.66. The molecule has 0 amide bonds. The minimum atomic E-state index is -2.68. The third-order valence-electron chi connectivity index (χ3n) is 1.09. The molecule has 2 N–H and O–H groups in total. The molecule has 0 heterocycles. The highest BCUT2D eigenvalue weighted by Gasteiger charge is 2.20. The van der Waals surface area contributed by atoms with E-state index in [0.717, 1.165) is 0 Å². The first-order valence-corrected chi connectivity index (χ1v) is 3.66. The molecule has 1 atom stereocenters. The predicted molar refractivity (Wildman–Crippen MR) is 39.8 cm³/mol. The molecule has 72 valence electrons. The molecule has 5 heteroatoms. The number of ether oxygens (including phenoxy) is 1. The summed E-state index contributed by atoms with van der Waals surface area (Å²) in [4.78, 5) is 10.7. The summed E-state index contributed by atoms with van der Waals surface area (Å²) in [6, 6.07) is -1.42. The molecule has 0 saturated carbocycles. The Labute approximate surface area is 69.9 Å². The zero-order valence-corrected chi connectivity index (χ0v) is 7.09. The summed E-state index contributed by atoms with van der Waals surface area (Å²) in [5.41, 5.74) is 4.94. The number of carbonyl (C=O) groups is 1. The van der Waals surface area contributed by atoms with Crippen molar-refractivity contribution < 1.29 is 18.3 Å². The molecule has 0 aromatic rings. The van der Waals surface area contributed by atoms with Gasteiger partial charge in [0.2, 0.25) is 0 Å². The van der Waals surface area contributed by atoms with Gasteiger partial charge in [-0.2, -0.15) is 0 Å². The van der Waals surface area contributed by atoms with Crippen LogP contribution < -0.4 is 5.73 Å². The van der Waals surface area contributed by atoms with Crippen molar-refractivity contribution in [3.05, 3.63) is 0 Å². The molecule has 0 rings (SSSR count). The van der Waals surface area contributed by atoms with Crippen LogP contribution in [0.2, 0.25) is 0 Å². The van der Waals surface area contributed by atoms with Crippen molar-refractivity contribution >= 4 is 5.97 Å². The zero-order valence-electron chi connectivity index (χ0n) is 7.09. The smallest absolute Gasteiger partial charge is 0.307 e. The molecule has 1 unspecified atom stereocenters. The van der Waals surface area contributed by atoms with E-state index in [1.165, 1.54) is 0 Å². The Morgan fingerprint density at radius 2 is 2.00 bits per heavy atom. The fraction of sp³-hybridized carbons (Fsp3) is 0.857. The van der Waals surface area contributed by atoms with Gasteiger partial charge in [0.05, 0.1) is 18.6 Å². The van der Waals surface area contributed by atoms with Crippen LogP contribution in [0.3, 0.4) is 0 Å². The summed E-state index contributed by atoms with van der Waals surface area (Å²) >= 11 is 0. The van der Waals surface area contributed by atoms with E-state index in [4.69, 9.17) is 5.73 Å². The number of carbonyl (C=O) groups excluding carboxylic acids is 1. The summed E-state index contributed by atoms with van der Waals surface area (Å²) in [6.45, 7) is 3.29. The van der Waals surface area contributed by atoms with Gasteiger partial charge in [0.1, 0.15) is 0 Å². The van der Waals surface area contributed by atoms with Crippen LogP contribution in [-0.4, -0.2) is 24.5 Å². The number of nitrogens with two attached hydrogens (primary N) is 1.